The molecule has 0 saturated carbocycles. The van der Waals surface area contributed by atoms with Crippen LogP contribution in [0.1, 0.15) is 31.3 Å². The monoisotopic (exact) mass is 477 g/mol. The fraction of sp³-hybridized carbons (Fsp3) is 0.231. The Morgan fingerprint density at radius 3 is 2.29 bits per heavy atom. The number of aromatic nitrogens is 2. The van der Waals surface area contributed by atoms with E-state index in [1.807, 2.05) is 13.8 Å². The molecule has 0 aliphatic heterocycles. The standard InChI is InChI=1S/C26H27N3O4S/c1-5-33-21-14-12-20(13-15-21)29-25(27-24-9-7-6-8-23(24)26(29)30)19(3)28(4)34(31,32)22-16-10-18(2)11-17-22/h6-17,19H,5H2,1-4H3. The Bertz CT molecular complexity index is 1480. The van der Waals surface area contributed by atoms with Crippen molar-refractivity contribution in [3.05, 3.63) is 94.5 Å². The van der Waals surface area contributed by atoms with Gasteiger partial charge in [0.05, 0.1) is 34.1 Å². The minimum absolute atomic E-state index is 0.184. The van der Waals surface area contributed by atoms with Crippen molar-refractivity contribution in [1.29, 1.82) is 0 Å². The Labute approximate surface area is 199 Å². The molecule has 1 atom stereocenters. The molecule has 0 aliphatic carbocycles. The molecule has 0 radical (unpaired) electrons. The van der Waals surface area contributed by atoms with Crippen LogP contribution in [0.25, 0.3) is 16.6 Å². The van der Waals surface area contributed by atoms with Crippen LogP contribution in [0.3, 0.4) is 0 Å². The predicted molar refractivity (Wildman–Crippen MR) is 133 cm³/mol. The molecule has 0 fully saturated rings. The van der Waals surface area contributed by atoms with Crippen molar-refractivity contribution in [3.8, 4) is 11.4 Å². The van der Waals surface area contributed by atoms with Crippen LogP contribution in [0.2, 0.25) is 0 Å². The highest BCUT2D eigenvalue weighted by atomic mass is 32.2. The number of fused-ring (bicyclic) bond motifs is 1. The second-order valence-electron chi connectivity index (χ2n) is 8.06. The van der Waals surface area contributed by atoms with Crippen molar-refractivity contribution in [2.45, 2.75) is 31.7 Å². The summed E-state index contributed by atoms with van der Waals surface area (Å²) >= 11 is 0. The Morgan fingerprint density at radius 1 is 1.00 bits per heavy atom. The van der Waals surface area contributed by atoms with Crippen molar-refractivity contribution in [2.24, 2.45) is 0 Å². The number of rotatable bonds is 7. The average Bonchev–Trinajstić information content (AvgIpc) is 2.84. The van der Waals surface area contributed by atoms with Gasteiger partial charge >= 0.3 is 0 Å². The van der Waals surface area contributed by atoms with Gasteiger partial charge in [-0.05, 0) is 69.3 Å². The number of hydrogen-bond donors (Lipinski definition) is 0. The predicted octanol–water partition coefficient (Wildman–Crippen LogP) is 4.47. The molecule has 1 unspecified atom stereocenters. The third kappa shape index (κ3) is 4.34. The minimum atomic E-state index is -3.82. The van der Waals surface area contributed by atoms with Gasteiger partial charge in [-0.25, -0.2) is 13.4 Å². The first-order chi connectivity index (χ1) is 16.2. The van der Waals surface area contributed by atoms with Gasteiger partial charge in [-0.2, -0.15) is 4.31 Å². The molecule has 0 bridgehead atoms. The normalized spacial score (nSPS) is 12.7. The quantitative estimate of drug-likeness (QED) is 0.392. The van der Waals surface area contributed by atoms with Crippen LogP contribution in [0.4, 0.5) is 0 Å². The smallest absolute Gasteiger partial charge is 0.266 e. The molecule has 34 heavy (non-hydrogen) atoms. The van der Waals surface area contributed by atoms with Gasteiger partial charge in [-0.15, -0.1) is 0 Å². The van der Waals surface area contributed by atoms with E-state index in [0.717, 1.165) is 5.56 Å². The molecular weight excluding hydrogens is 450 g/mol. The van der Waals surface area contributed by atoms with Gasteiger partial charge in [0.2, 0.25) is 10.0 Å². The highest BCUT2D eigenvalue weighted by molar-refractivity contribution is 7.89. The first kappa shape index (κ1) is 23.7. The zero-order chi connectivity index (χ0) is 24.5. The van der Waals surface area contributed by atoms with Gasteiger partial charge < -0.3 is 4.74 Å². The van der Waals surface area contributed by atoms with Crippen LogP contribution in [0.15, 0.2) is 82.5 Å². The molecule has 3 aromatic carbocycles. The van der Waals surface area contributed by atoms with Crippen molar-refractivity contribution in [2.75, 3.05) is 13.7 Å². The van der Waals surface area contributed by atoms with Gasteiger partial charge in [0, 0.05) is 7.05 Å². The fourth-order valence-electron chi connectivity index (χ4n) is 3.79. The van der Waals surface area contributed by atoms with Crippen LogP contribution in [0, 0.1) is 6.92 Å². The van der Waals surface area contributed by atoms with E-state index in [-0.39, 0.29) is 10.5 Å². The van der Waals surface area contributed by atoms with Crippen LogP contribution in [0.5, 0.6) is 5.75 Å². The van der Waals surface area contributed by atoms with E-state index in [2.05, 4.69) is 0 Å². The highest BCUT2D eigenvalue weighted by Gasteiger charge is 2.30. The van der Waals surface area contributed by atoms with Crippen molar-refractivity contribution < 1.29 is 13.2 Å². The van der Waals surface area contributed by atoms with Crippen LogP contribution in [-0.4, -0.2) is 35.9 Å². The number of sulfonamides is 1. The molecular formula is C26H27N3O4S. The summed E-state index contributed by atoms with van der Waals surface area (Å²) in [6, 6.07) is 20.1. The summed E-state index contributed by atoms with van der Waals surface area (Å²) in [5.74, 6) is 1.01. The number of para-hydroxylation sites is 1. The summed E-state index contributed by atoms with van der Waals surface area (Å²) in [6.45, 7) is 6.06. The summed E-state index contributed by atoms with van der Waals surface area (Å²) in [5, 5.41) is 0.455. The maximum absolute atomic E-state index is 13.6. The molecule has 7 nitrogen and oxygen atoms in total. The molecule has 4 aromatic rings. The molecule has 0 aliphatic rings. The SMILES string of the molecule is CCOc1ccc(-n2c(C(C)N(C)S(=O)(=O)c3ccc(C)cc3)nc3ccccc3c2=O)cc1. The van der Waals surface area contributed by atoms with E-state index in [9.17, 15) is 13.2 Å². The largest absolute Gasteiger partial charge is 0.494 e. The third-order valence-corrected chi connectivity index (χ3v) is 7.77. The Morgan fingerprint density at radius 2 is 1.65 bits per heavy atom. The maximum Gasteiger partial charge on any atom is 0.266 e. The number of benzene rings is 3. The van der Waals surface area contributed by atoms with Gasteiger partial charge in [0.1, 0.15) is 11.6 Å². The summed E-state index contributed by atoms with van der Waals surface area (Å²) in [5.41, 5.74) is 1.79. The summed E-state index contributed by atoms with van der Waals surface area (Å²) in [6.07, 6.45) is 0. The molecule has 0 saturated heterocycles. The maximum atomic E-state index is 13.6. The zero-order valence-corrected chi connectivity index (χ0v) is 20.4. The van der Waals surface area contributed by atoms with E-state index < -0.39 is 16.1 Å². The lowest BCUT2D eigenvalue weighted by molar-refractivity contribution is 0.340. The molecule has 0 N–H and O–H groups in total. The Kier molecular flexibility index (Phi) is 6.54. The second kappa shape index (κ2) is 9.40. The summed E-state index contributed by atoms with van der Waals surface area (Å²) in [4.78, 5) is 18.5. The molecule has 0 spiro atoms. The summed E-state index contributed by atoms with van der Waals surface area (Å²) in [7, 11) is -2.32. The number of nitrogens with zero attached hydrogens (tertiary/aromatic N) is 3. The first-order valence-electron chi connectivity index (χ1n) is 11.0. The van der Waals surface area contributed by atoms with Crippen LogP contribution in [-0.2, 0) is 10.0 Å². The van der Waals surface area contributed by atoms with Crippen molar-refractivity contribution in [1.82, 2.24) is 13.9 Å². The lowest BCUT2D eigenvalue weighted by atomic mass is 10.2. The van der Waals surface area contributed by atoms with Crippen LogP contribution >= 0.6 is 0 Å². The van der Waals surface area contributed by atoms with E-state index in [0.29, 0.717) is 34.8 Å². The highest BCUT2D eigenvalue weighted by Crippen LogP contribution is 2.27. The Balaban J connectivity index is 1.87. The number of hydrogen-bond acceptors (Lipinski definition) is 5. The molecule has 176 valence electrons. The molecule has 1 aromatic heterocycles. The Hall–Kier alpha value is -3.49. The second-order valence-corrected chi connectivity index (χ2v) is 10.1. The van der Waals surface area contributed by atoms with Gasteiger partial charge in [-0.3, -0.25) is 9.36 Å². The molecule has 8 heteroatoms. The third-order valence-electron chi connectivity index (χ3n) is 5.82. The van der Waals surface area contributed by atoms with Gasteiger partial charge in [0.25, 0.3) is 5.56 Å². The van der Waals surface area contributed by atoms with Gasteiger partial charge in [-0.1, -0.05) is 29.8 Å². The topological polar surface area (TPSA) is 81.5 Å². The number of aryl methyl sites for hydroxylation is 1. The fourth-order valence-corrected chi connectivity index (χ4v) is 5.11. The molecule has 0 amide bonds. The number of ether oxygens (including phenoxy) is 1. The van der Waals surface area contributed by atoms with Gasteiger partial charge in [0.15, 0.2) is 0 Å². The lowest BCUT2D eigenvalue weighted by Gasteiger charge is -2.26. The minimum Gasteiger partial charge on any atom is -0.494 e. The molecule has 1 heterocycles. The first-order valence-corrected chi connectivity index (χ1v) is 12.5. The van der Waals surface area contributed by atoms with E-state index in [1.54, 1.807) is 79.7 Å². The zero-order valence-electron chi connectivity index (χ0n) is 19.6. The molecule has 4 rings (SSSR count). The summed E-state index contributed by atoms with van der Waals surface area (Å²) < 4.78 is 35.0. The average molecular weight is 478 g/mol. The van der Waals surface area contributed by atoms with Crippen LogP contribution < -0.4 is 10.3 Å². The van der Waals surface area contributed by atoms with E-state index in [4.69, 9.17) is 9.72 Å². The van der Waals surface area contributed by atoms with Crippen molar-refractivity contribution in [3.63, 3.8) is 0 Å². The van der Waals surface area contributed by atoms with Crippen molar-refractivity contribution >= 4 is 20.9 Å². The van der Waals surface area contributed by atoms with E-state index in [1.165, 1.54) is 15.9 Å². The van der Waals surface area contributed by atoms with E-state index >= 15 is 0 Å². The lowest BCUT2D eigenvalue weighted by Crippen LogP contribution is -2.34.